The molecule has 3 N–H and O–H groups in total. The summed E-state index contributed by atoms with van der Waals surface area (Å²) in [6, 6.07) is 1.74. The van der Waals surface area contributed by atoms with E-state index < -0.39 is 47.6 Å². The number of anilines is 2. The smallest absolute Gasteiger partial charge is 0.341 e. The van der Waals surface area contributed by atoms with Crippen LogP contribution in [0.25, 0.3) is 10.9 Å². The minimum atomic E-state index is -1.39. The van der Waals surface area contributed by atoms with Gasteiger partial charge in [0.05, 0.1) is 35.0 Å². The molecule has 3 aliphatic rings. The summed E-state index contributed by atoms with van der Waals surface area (Å²) >= 11 is 0. The van der Waals surface area contributed by atoms with Gasteiger partial charge in [-0.3, -0.25) is 4.79 Å². The van der Waals surface area contributed by atoms with Crippen LogP contribution >= 0.6 is 0 Å². The second-order valence-electron chi connectivity index (χ2n) is 7.82. The van der Waals surface area contributed by atoms with Crippen LogP contribution in [0.5, 0.6) is 0 Å². The lowest BCUT2D eigenvalue weighted by Crippen LogP contribution is -2.20. The van der Waals surface area contributed by atoms with Gasteiger partial charge in [-0.25, -0.2) is 18.0 Å². The average molecular weight is 393 g/mol. The van der Waals surface area contributed by atoms with Gasteiger partial charge in [-0.15, -0.1) is 0 Å². The molecular weight excluding hydrogens is 375 g/mol. The van der Waals surface area contributed by atoms with Gasteiger partial charge >= 0.3 is 5.97 Å². The lowest BCUT2D eigenvalue weighted by atomic mass is 10.1. The Morgan fingerprint density at radius 2 is 1.54 bits per heavy atom. The third-order valence-corrected chi connectivity index (χ3v) is 5.55. The van der Waals surface area contributed by atoms with Crippen molar-refractivity contribution in [2.45, 2.75) is 55.9 Å². The van der Waals surface area contributed by atoms with Crippen LogP contribution in [0.4, 0.5) is 24.5 Å². The SMILES string of the molecule is O=C(O)c1cn([C@@H]2C[C@@H]2F)c2cc(NC3CC3F)c(NC3CC3F)cc2c1=O. The quantitative estimate of drug-likeness (QED) is 0.703. The summed E-state index contributed by atoms with van der Waals surface area (Å²) < 4.78 is 42.0. The van der Waals surface area contributed by atoms with Crippen molar-refractivity contribution in [1.82, 2.24) is 4.57 Å². The highest BCUT2D eigenvalue weighted by atomic mass is 19.1. The third-order valence-electron chi connectivity index (χ3n) is 5.55. The van der Waals surface area contributed by atoms with Crippen LogP contribution in [-0.2, 0) is 0 Å². The number of carboxylic acid groups (broad SMARTS) is 1. The summed E-state index contributed by atoms with van der Waals surface area (Å²) in [7, 11) is 0. The first-order valence-electron chi connectivity index (χ1n) is 9.25. The molecule has 0 aliphatic heterocycles. The highest BCUT2D eigenvalue weighted by Gasteiger charge is 2.42. The molecule has 0 spiro atoms. The minimum absolute atomic E-state index is 0.107. The number of fused-ring (bicyclic) bond motifs is 1. The van der Waals surface area contributed by atoms with Crippen molar-refractivity contribution in [3.8, 4) is 0 Å². The summed E-state index contributed by atoms with van der Waals surface area (Å²) in [5.74, 6) is -1.39. The highest BCUT2D eigenvalue weighted by molar-refractivity contribution is 5.96. The van der Waals surface area contributed by atoms with E-state index in [1.165, 1.54) is 16.8 Å². The molecule has 0 amide bonds. The van der Waals surface area contributed by atoms with E-state index in [0.717, 1.165) is 0 Å². The number of pyridine rings is 1. The van der Waals surface area contributed by atoms with Gasteiger partial charge < -0.3 is 20.3 Å². The van der Waals surface area contributed by atoms with Crippen molar-refractivity contribution < 1.29 is 23.1 Å². The van der Waals surface area contributed by atoms with Crippen LogP contribution in [0.15, 0.2) is 23.1 Å². The minimum Gasteiger partial charge on any atom is -0.477 e. The van der Waals surface area contributed by atoms with Crippen molar-refractivity contribution in [2.24, 2.45) is 0 Å². The Bertz CT molecular complexity index is 1060. The molecule has 3 saturated carbocycles. The number of hydrogen-bond donors (Lipinski definition) is 3. The fourth-order valence-electron chi connectivity index (χ4n) is 3.53. The van der Waals surface area contributed by atoms with Gasteiger partial charge in [0.25, 0.3) is 0 Å². The maximum Gasteiger partial charge on any atom is 0.341 e. The molecule has 4 unspecified atom stereocenters. The number of carbonyl (C=O) groups is 1. The maximum absolute atomic E-state index is 13.7. The number of carboxylic acids is 1. The first-order valence-corrected chi connectivity index (χ1v) is 9.25. The van der Waals surface area contributed by atoms with Gasteiger partial charge in [0, 0.05) is 30.8 Å². The summed E-state index contributed by atoms with van der Waals surface area (Å²) in [6.07, 6.45) is -1.00. The Labute approximate surface area is 157 Å². The topological polar surface area (TPSA) is 83.4 Å². The van der Waals surface area contributed by atoms with Crippen molar-refractivity contribution >= 4 is 28.2 Å². The molecule has 6 nitrogen and oxygen atoms in total. The van der Waals surface area contributed by atoms with Crippen LogP contribution in [0.1, 0.15) is 35.7 Å². The normalized spacial score (nSPS) is 32.8. The van der Waals surface area contributed by atoms with Crippen molar-refractivity contribution in [2.75, 3.05) is 10.6 Å². The number of nitrogens with one attached hydrogen (secondary N) is 2. The summed E-state index contributed by atoms with van der Waals surface area (Å²) in [5.41, 5.74) is 0.141. The zero-order chi connectivity index (χ0) is 19.7. The zero-order valence-corrected chi connectivity index (χ0v) is 14.7. The van der Waals surface area contributed by atoms with Crippen molar-refractivity contribution in [3.05, 3.63) is 34.1 Å². The first-order chi connectivity index (χ1) is 13.3. The monoisotopic (exact) mass is 393 g/mol. The van der Waals surface area contributed by atoms with Crippen LogP contribution in [0.3, 0.4) is 0 Å². The van der Waals surface area contributed by atoms with E-state index >= 15 is 0 Å². The van der Waals surface area contributed by atoms with Crippen molar-refractivity contribution in [1.29, 1.82) is 0 Å². The number of nitrogens with zero attached hydrogens (tertiary/aromatic N) is 1. The number of aromatic nitrogens is 1. The Kier molecular flexibility index (Phi) is 3.66. The van der Waals surface area contributed by atoms with Gasteiger partial charge in [0.1, 0.15) is 24.1 Å². The van der Waals surface area contributed by atoms with E-state index in [4.69, 9.17) is 0 Å². The number of hydrogen-bond acceptors (Lipinski definition) is 4. The van der Waals surface area contributed by atoms with E-state index in [0.29, 0.717) is 29.7 Å². The number of rotatable bonds is 6. The molecule has 148 valence electrons. The molecule has 3 fully saturated rings. The molecule has 3 aliphatic carbocycles. The zero-order valence-electron chi connectivity index (χ0n) is 14.7. The summed E-state index contributed by atoms with van der Waals surface area (Å²) in [6.45, 7) is 0. The molecule has 5 rings (SSSR count). The summed E-state index contributed by atoms with van der Waals surface area (Å²) in [5, 5.41) is 15.5. The highest BCUT2D eigenvalue weighted by Crippen LogP contribution is 2.43. The van der Waals surface area contributed by atoms with E-state index in [2.05, 4.69) is 10.6 Å². The van der Waals surface area contributed by atoms with E-state index in [1.807, 2.05) is 0 Å². The lowest BCUT2D eigenvalue weighted by Gasteiger charge is -2.18. The Hall–Kier alpha value is -2.71. The molecule has 1 heterocycles. The molecule has 6 atom stereocenters. The Morgan fingerprint density at radius 3 is 2.00 bits per heavy atom. The Balaban J connectivity index is 1.68. The molecule has 0 saturated heterocycles. The van der Waals surface area contributed by atoms with Crippen LogP contribution in [-0.4, -0.2) is 46.2 Å². The Morgan fingerprint density at radius 1 is 1.00 bits per heavy atom. The van der Waals surface area contributed by atoms with Gasteiger partial charge in [-0.1, -0.05) is 0 Å². The van der Waals surface area contributed by atoms with E-state index in [9.17, 15) is 27.9 Å². The third kappa shape index (κ3) is 2.89. The number of alkyl halides is 3. The number of aromatic carboxylic acids is 1. The maximum atomic E-state index is 13.7. The first kappa shape index (κ1) is 17.4. The van der Waals surface area contributed by atoms with Gasteiger partial charge in [-0.05, 0) is 12.1 Å². The molecule has 28 heavy (non-hydrogen) atoms. The van der Waals surface area contributed by atoms with Crippen LogP contribution in [0.2, 0.25) is 0 Å². The molecule has 1 aromatic carbocycles. The van der Waals surface area contributed by atoms with Crippen LogP contribution in [0, 0.1) is 0 Å². The van der Waals surface area contributed by atoms with E-state index in [-0.39, 0.29) is 17.8 Å². The molecular formula is C19H18F3N3O3. The molecule has 1 aromatic heterocycles. The molecule has 2 aromatic rings. The van der Waals surface area contributed by atoms with Crippen LogP contribution < -0.4 is 16.1 Å². The second kappa shape index (κ2) is 5.89. The standard InChI is InChI=1S/C19H18F3N3O3/c20-9-2-12(9)23-14-1-7-16(5-15(14)24-13-3-10(13)21)25(17-4-11(17)22)6-8(18(7)26)19(27)28/h1,5-6,9-13,17,23-24H,2-4H2,(H,27,28)/t9?,10?,11-,12?,13?,17+/m0/s1. The second-order valence-corrected chi connectivity index (χ2v) is 7.82. The predicted molar refractivity (Wildman–Crippen MR) is 97.6 cm³/mol. The van der Waals surface area contributed by atoms with Gasteiger partial charge in [0.2, 0.25) is 5.43 Å². The average Bonchev–Trinajstić information content (AvgIpc) is 3.57. The summed E-state index contributed by atoms with van der Waals surface area (Å²) in [4.78, 5) is 24.2. The lowest BCUT2D eigenvalue weighted by molar-refractivity contribution is 0.0694. The molecule has 0 radical (unpaired) electrons. The molecule has 9 heteroatoms. The molecule has 0 bridgehead atoms. The number of halogens is 3. The number of benzene rings is 1. The largest absolute Gasteiger partial charge is 0.477 e. The van der Waals surface area contributed by atoms with Crippen molar-refractivity contribution in [3.63, 3.8) is 0 Å². The van der Waals surface area contributed by atoms with Gasteiger partial charge in [0.15, 0.2) is 0 Å². The van der Waals surface area contributed by atoms with Gasteiger partial charge in [-0.2, -0.15) is 0 Å². The predicted octanol–water partition coefficient (Wildman–Crippen LogP) is 3.03. The van der Waals surface area contributed by atoms with E-state index in [1.54, 1.807) is 6.07 Å². The fourth-order valence-corrected chi connectivity index (χ4v) is 3.53. The fraction of sp³-hybridized carbons (Fsp3) is 0.474.